The summed E-state index contributed by atoms with van der Waals surface area (Å²) in [4.78, 5) is 39.3. The predicted molar refractivity (Wildman–Crippen MR) is 110 cm³/mol. The number of carbonyl (C=O) groups excluding carboxylic acids is 2. The topological polar surface area (TPSA) is 113 Å². The lowest BCUT2D eigenvalue weighted by Gasteiger charge is -2.05. The Morgan fingerprint density at radius 2 is 1.97 bits per heavy atom. The summed E-state index contributed by atoms with van der Waals surface area (Å²) in [7, 11) is 0. The quantitative estimate of drug-likeness (QED) is 0.309. The lowest BCUT2D eigenvalue weighted by atomic mass is 10.3. The van der Waals surface area contributed by atoms with Gasteiger partial charge in [0, 0.05) is 12.1 Å². The average Bonchev–Trinajstić information content (AvgIpc) is 3.05. The Labute approximate surface area is 175 Å². The van der Waals surface area contributed by atoms with E-state index in [1.807, 2.05) is 18.2 Å². The highest BCUT2D eigenvalue weighted by atomic mass is 32.1. The number of nitro benzene ring substituents is 1. The molecular weight excluding hydrogens is 410 g/mol. The maximum absolute atomic E-state index is 12.3. The lowest BCUT2D eigenvalue weighted by molar-refractivity contribution is -0.384. The Morgan fingerprint density at radius 3 is 2.67 bits per heavy atom. The fraction of sp³-hybridized carbons (Fsp3) is 0.250. The van der Waals surface area contributed by atoms with E-state index in [0.717, 1.165) is 11.3 Å². The number of aromatic nitrogens is 1. The molecule has 0 unspecified atom stereocenters. The van der Waals surface area contributed by atoms with Gasteiger partial charge >= 0.3 is 5.97 Å². The van der Waals surface area contributed by atoms with Gasteiger partial charge in [0.2, 0.25) is 0 Å². The molecule has 0 aliphatic carbocycles. The second-order valence-corrected chi connectivity index (χ2v) is 7.11. The lowest BCUT2D eigenvalue weighted by Crippen LogP contribution is -2.23. The van der Waals surface area contributed by atoms with Gasteiger partial charge in [0.15, 0.2) is 4.80 Å². The summed E-state index contributed by atoms with van der Waals surface area (Å²) in [5.74, 6) is -0.265. The van der Waals surface area contributed by atoms with Gasteiger partial charge in [-0.3, -0.25) is 19.7 Å². The number of amides is 1. The number of benzene rings is 2. The summed E-state index contributed by atoms with van der Waals surface area (Å²) in [5.41, 5.74) is 0.479. The number of esters is 1. The number of hydrogen-bond acceptors (Lipinski definition) is 7. The highest BCUT2D eigenvalue weighted by molar-refractivity contribution is 7.16. The number of rotatable bonds is 8. The van der Waals surface area contributed by atoms with Gasteiger partial charge in [-0.2, -0.15) is 4.99 Å². The number of thiazole rings is 1. The van der Waals surface area contributed by atoms with Crippen LogP contribution in [0.5, 0.6) is 5.75 Å². The van der Waals surface area contributed by atoms with E-state index in [2.05, 4.69) is 4.99 Å². The van der Waals surface area contributed by atoms with Crippen LogP contribution in [0.3, 0.4) is 0 Å². The van der Waals surface area contributed by atoms with Gasteiger partial charge < -0.3 is 14.0 Å². The van der Waals surface area contributed by atoms with Crippen molar-refractivity contribution < 1.29 is 24.0 Å². The molecule has 1 amide bonds. The number of fused-ring (bicyclic) bond motifs is 1. The number of ether oxygens (including phenoxy) is 2. The van der Waals surface area contributed by atoms with Crippen LogP contribution in [-0.4, -0.2) is 34.6 Å². The second-order valence-electron chi connectivity index (χ2n) is 6.10. The van der Waals surface area contributed by atoms with Crippen LogP contribution in [0.15, 0.2) is 53.5 Å². The van der Waals surface area contributed by atoms with Crippen molar-refractivity contribution in [1.82, 2.24) is 4.57 Å². The summed E-state index contributed by atoms with van der Waals surface area (Å²) in [5, 5.41) is 11.1. The van der Waals surface area contributed by atoms with E-state index >= 15 is 0 Å². The first-order valence-electron chi connectivity index (χ1n) is 9.16. The number of carbonyl (C=O) groups is 2. The van der Waals surface area contributed by atoms with Crippen molar-refractivity contribution in [3.63, 3.8) is 0 Å². The molecule has 0 bridgehead atoms. The van der Waals surface area contributed by atoms with Crippen LogP contribution >= 0.6 is 11.3 Å². The molecule has 1 aromatic heterocycles. The molecule has 3 aromatic rings. The van der Waals surface area contributed by atoms with Crippen LogP contribution in [0.25, 0.3) is 10.2 Å². The molecule has 10 heteroatoms. The summed E-state index contributed by atoms with van der Waals surface area (Å²) in [6.07, 6.45) is 0.0443. The molecular formula is C20H19N3O6S. The van der Waals surface area contributed by atoms with Crippen LogP contribution in [0, 0.1) is 10.1 Å². The van der Waals surface area contributed by atoms with E-state index in [0.29, 0.717) is 16.0 Å². The van der Waals surface area contributed by atoms with Crippen molar-refractivity contribution >= 4 is 39.1 Å². The highest BCUT2D eigenvalue weighted by Crippen LogP contribution is 2.23. The Bertz CT molecular complexity index is 1140. The number of para-hydroxylation sites is 1. The zero-order valence-corrected chi connectivity index (χ0v) is 17.0. The van der Waals surface area contributed by atoms with E-state index in [1.165, 1.54) is 22.8 Å². The van der Waals surface area contributed by atoms with Gasteiger partial charge in [-0.1, -0.05) is 29.5 Å². The monoisotopic (exact) mass is 429 g/mol. The minimum atomic E-state index is -0.502. The van der Waals surface area contributed by atoms with E-state index in [-0.39, 0.29) is 36.7 Å². The highest BCUT2D eigenvalue weighted by Gasteiger charge is 2.15. The smallest absolute Gasteiger partial charge is 0.326 e. The van der Waals surface area contributed by atoms with Crippen LogP contribution < -0.4 is 9.54 Å². The molecule has 0 aliphatic heterocycles. The van der Waals surface area contributed by atoms with Crippen molar-refractivity contribution in [3.8, 4) is 5.75 Å². The number of hydrogen-bond donors (Lipinski definition) is 0. The molecule has 0 radical (unpaired) electrons. The van der Waals surface area contributed by atoms with Crippen LogP contribution in [0.4, 0.5) is 5.69 Å². The van der Waals surface area contributed by atoms with Gasteiger partial charge in [-0.05, 0) is 25.1 Å². The maximum atomic E-state index is 12.3. The molecule has 0 fully saturated rings. The molecule has 2 aromatic carbocycles. The zero-order chi connectivity index (χ0) is 21.5. The molecule has 0 aliphatic rings. The summed E-state index contributed by atoms with van der Waals surface area (Å²) in [6.45, 7) is 1.91. The van der Waals surface area contributed by atoms with Gasteiger partial charge in [0.1, 0.15) is 12.3 Å². The third-order valence-corrected chi connectivity index (χ3v) is 5.06. The van der Waals surface area contributed by atoms with E-state index in [4.69, 9.17) is 9.47 Å². The van der Waals surface area contributed by atoms with Crippen LogP contribution in [-0.2, 0) is 20.9 Å². The minimum Gasteiger partial charge on any atom is -0.493 e. The van der Waals surface area contributed by atoms with Crippen LogP contribution in [0.2, 0.25) is 0 Å². The molecule has 0 N–H and O–H groups in total. The SMILES string of the molecule is CCOC(=O)Cn1c(=NC(=O)CCOc2ccccc2)sc2cc([N+](=O)[O-])ccc21. The number of nitro groups is 1. The molecule has 30 heavy (non-hydrogen) atoms. The van der Waals surface area contributed by atoms with E-state index in [9.17, 15) is 19.7 Å². The summed E-state index contributed by atoms with van der Waals surface area (Å²) >= 11 is 1.10. The Morgan fingerprint density at radius 1 is 1.20 bits per heavy atom. The van der Waals surface area contributed by atoms with Crippen molar-refractivity contribution in [2.24, 2.45) is 4.99 Å². The number of non-ortho nitro benzene ring substituents is 1. The first-order valence-corrected chi connectivity index (χ1v) is 9.98. The molecule has 156 valence electrons. The van der Waals surface area contributed by atoms with E-state index in [1.54, 1.807) is 19.1 Å². The minimum absolute atomic E-state index is 0.0443. The first kappa shape index (κ1) is 21.2. The van der Waals surface area contributed by atoms with Gasteiger partial charge in [0.25, 0.3) is 11.6 Å². The molecule has 0 atom stereocenters. The Kier molecular flexibility index (Phi) is 6.91. The molecule has 0 spiro atoms. The molecule has 3 rings (SSSR count). The first-order chi connectivity index (χ1) is 14.5. The Balaban J connectivity index is 1.86. The average molecular weight is 429 g/mol. The fourth-order valence-corrected chi connectivity index (χ4v) is 3.76. The third kappa shape index (κ3) is 5.29. The van der Waals surface area contributed by atoms with Gasteiger partial charge in [-0.25, -0.2) is 0 Å². The molecule has 9 nitrogen and oxygen atoms in total. The summed E-state index contributed by atoms with van der Waals surface area (Å²) in [6, 6.07) is 13.4. The van der Waals surface area contributed by atoms with Crippen molar-refractivity contribution in [3.05, 3.63) is 63.4 Å². The largest absolute Gasteiger partial charge is 0.493 e. The zero-order valence-electron chi connectivity index (χ0n) is 16.1. The van der Waals surface area contributed by atoms with Crippen molar-refractivity contribution in [2.45, 2.75) is 19.9 Å². The predicted octanol–water partition coefficient (Wildman–Crippen LogP) is 3.07. The third-order valence-electron chi connectivity index (χ3n) is 4.02. The Hall–Kier alpha value is -3.53. The van der Waals surface area contributed by atoms with Crippen LogP contribution in [0.1, 0.15) is 13.3 Å². The molecule has 1 heterocycles. The molecule has 0 saturated carbocycles. The van der Waals surface area contributed by atoms with Crippen molar-refractivity contribution in [2.75, 3.05) is 13.2 Å². The normalized spacial score (nSPS) is 11.4. The van der Waals surface area contributed by atoms with Gasteiger partial charge in [0.05, 0.1) is 34.8 Å². The maximum Gasteiger partial charge on any atom is 0.326 e. The van der Waals surface area contributed by atoms with Gasteiger partial charge in [-0.15, -0.1) is 0 Å². The summed E-state index contributed by atoms with van der Waals surface area (Å²) < 4.78 is 12.6. The second kappa shape index (κ2) is 9.79. The van der Waals surface area contributed by atoms with Crippen molar-refractivity contribution in [1.29, 1.82) is 0 Å². The molecule has 0 saturated heterocycles. The fourth-order valence-electron chi connectivity index (χ4n) is 2.68. The number of nitrogens with zero attached hydrogens (tertiary/aromatic N) is 3. The standard InChI is InChI=1S/C20H19N3O6S/c1-2-28-19(25)13-22-16-9-8-14(23(26)27)12-17(16)30-20(22)21-18(24)10-11-29-15-6-4-3-5-7-15/h3-9,12H,2,10-11,13H2,1H3. The van der Waals surface area contributed by atoms with E-state index < -0.39 is 16.8 Å².